The van der Waals surface area contributed by atoms with E-state index in [0.717, 1.165) is 157 Å². The Morgan fingerprint density at radius 3 is 1.07 bits per heavy atom. The summed E-state index contributed by atoms with van der Waals surface area (Å²) in [5.74, 6) is 2.75. The number of hydrogen-bond acceptors (Lipinski definition) is 18. The van der Waals surface area contributed by atoms with Crippen LogP contribution in [0.4, 0.5) is 11.4 Å². The minimum absolute atomic E-state index is 0.127. The number of carbonyl (C=O) groups is 2. The van der Waals surface area contributed by atoms with Crippen molar-refractivity contribution in [2.75, 3.05) is 39.1 Å². The number of nitrogens with zero attached hydrogens (tertiary/aromatic N) is 16. The lowest BCUT2D eigenvalue weighted by atomic mass is 9.99. The Hall–Kier alpha value is -14.6. The van der Waals surface area contributed by atoms with E-state index in [1.807, 2.05) is 192 Å². The van der Waals surface area contributed by atoms with Gasteiger partial charge < -0.3 is 29.6 Å². The number of carbonyl (C=O) groups excluding carboxylic acids is 2. The van der Waals surface area contributed by atoms with E-state index in [4.69, 9.17) is 52.7 Å². The van der Waals surface area contributed by atoms with Crippen LogP contribution >= 0.6 is 23.2 Å². The molecule has 0 unspecified atom stereocenters. The van der Waals surface area contributed by atoms with Crippen LogP contribution in [-0.4, -0.2) is 99.3 Å². The highest BCUT2D eigenvalue weighted by molar-refractivity contribution is 6.30. The second-order valence-corrected chi connectivity index (χ2v) is 26.8. The molecule has 0 aliphatic carbocycles. The van der Waals surface area contributed by atoms with Crippen molar-refractivity contribution < 1.29 is 28.5 Å². The van der Waals surface area contributed by atoms with E-state index in [1.165, 1.54) is 13.8 Å². The second-order valence-electron chi connectivity index (χ2n) is 26.0. The maximum atomic E-state index is 11.4. The van der Waals surface area contributed by atoms with Crippen molar-refractivity contribution in [1.29, 1.82) is 21.0 Å². The van der Waals surface area contributed by atoms with E-state index >= 15 is 0 Å². The van der Waals surface area contributed by atoms with Gasteiger partial charge in [-0.2, -0.15) is 41.4 Å². The first-order chi connectivity index (χ1) is 55.2. The fourth-order valence-electron chi connectivity index (χ4n) is 12.8. The number of aromatic nitrogens is 12. The van der Waals surface area contributed by atoms with Crippen molar-refractivity contribution in [3.05, 3.63) is 252 Å². The number of rotatable bonds is 20. The number of anilines is 2. The Balaban J connectivity index is 0.000000152. The lowest BCUT2D eigenvalue weighted by Gasteiger charge is -2.12. The quantitative estimate of drug-likeness (QED) is 0.0670. The zero-order valence-corrected chi connectivity index (χ0v) is 65.5. The van der Waals surface area contributed by atoms with Crippen LogP contribution in [0.1, 0.15) is 36.1 Å². The summed E-state index contributed by atoms with van der Waals surface area (Å²) in [6.07, 6.45) is 14.0. The van der Waals surface area contributed by atoms with Crippen molar-refractivity contribution in [2.24, 2.45) is 0 Å². The van der Waals surface area contributed by atoms with Gasteiger partial charge in [0.15, 0.2) is 0 Å². The Labute approximate surface area is 669 Å². The molecule has 8 heterocycles. The average Bonchev–Trinajstić information content (AvgIpc) is 1.67. The van der Waals surface area contributed by atoms with Gasteiger partial charge in [0.2, 0.25) is 11.8 Å². The number of halogens is 2. The van der Waals surface area contributed by atoms with Crippen LogP contribution in [0, 0.1) is 73.0 Å². The molecule has 114 heavy (non-hydrogen) atoms. The molecule has 0 radical (unpaired) electrons. The molecule has 0 spiro atoms. The number of aryl methyl sites for hydroxylation is 4. The van der Waals surface area contributed by atoms with E-state index in [-0.39, 0.29) is 38.0 Å². The van der Waals surface area contributed by atoms with E-state index < -0.39 is 0 Å². The highest BCUT2D eigenvalue weighted by Crippen LogP contribution is 2.41. The van der Waals surface area contributed by atoms with Crippen LogP contribution in [0.25, 0.3) is 112 Å². The fraction of sp³-hybridized carbons (Fsp3) is 0.159. The minimum Gasteiger partial charge on any atom is -0.497 e. The van der Waals surface area contributed by atoms with Gasteiger partial charge in [-0.1, -0.05) is 47.5 Å². The van der Waals surface area contributed by atoms with Gasteiger partial charge >= 0.3 is 0 Å². The van der Waals surface area contributed by atoms with Crippen molar-refractivity contribution in [3.63, 3.8) is 0 Å². The third-order valence-corrected chi connectivity index (χ3v) is 17.9. The highest BCUT2D eigenvalue weighted by atomic mass is 35.5. The van der Waals surface area contributed by atoms with Gasteiger partial charge in [0.05, 0.1) is 87.9 Å². The summed E-state index contributed by atoms with van der Waals surface area (Å²) in [6, 6.07) is 62.6. The van der Waals surface area contributed by atoms with E-state index in [1.54, 1.807) is 96.5 Å². The normalized spacial score (nSPS) is 10.5. The summed E-state index contributed by atoms with van der Waals surface area (Å²) >= 11 is 12.0. The first-order valence-corrected chi connectivity index (χ1v) is 36.2. The summed E-state index contributed by atoms with van der Waals surface area (Å²) < 4.78 is 28.3. The second kappa shape index (κ2) is 37.7. The molecule has 2 N–H and O–H groups in total. The predicted octanol–water partition coefficient (Wildman–Crippen LogP) is 18.4. The summed E-state index contributed by atoms with van der Waals surface area (Å²) in [4.78, 5) is 40.0. The number of amides is 2. The van der Waals surface area contributed by atoms with Crippen LogP contribution in [0.2, 0.25) is 10.3 Å². The first-order valence-electron chi connectivity index (χ1n) is 35.5. The Morgan fingerprint density at radius 1 is 0.386 bits per heavy atom. The third-order valence-electron chi connectivity index (χ3n) is 17.5. The lowest BCUT2D eigenvalue weighted by molar-refractivity contribution is -0.115. The summed E-state index contributed by atoms with van der Waals surface area (Å²) in [5, 5.41) is 61.1. The van der Waals surface area contributed by atoms with Gasteiger partial charge in [-0.15, -0.1) is 0 Å². The van der Waals surface area contributed by atoms with Gasteiger partial charge in [0.25, 0.3) is 0 Å². The maximum absolute atomic E-state index is 11.4. The van der Waals surface area contributed by atoms with Gasteiger partial charge in [-0.05, 0) is 218 Å². The zero-order valence-electron chi connectivity index (χ0n) is 64.0. The monoisotopic (exact) mass is 1550 g/mol. The molecule has 0 bridgehead atoms. The van der Waals surface area contributed by atoms with Crippen molar-refractivity contribution in [3.8, 4) is 159 Å². The van der Waals surface area contributed by atoms with E-state index in [2.05, 4.69) is 81.3 Å². The molecule has 0 saturated heterocycles. The summed E-state index contributed by atoms with van der Waals surface area (Å²) in [6.45, 7) is 11.6. The molecular weight excluding hydrogens is 1480 g/mol. The molecule has 568 valence electrons. The van der Waals surface area contributed by atoms with E-state index in [9.17, 15) is 20.1 Å². The molecule has 24 nitrogen and oxygen atoms in total. The molecule has 0 saturated carbocycles. The molecular formula is C88H76Cl2N18O6. The molecule has 0 aliphatic heterocycles. The molecule has 26 heteroatoms. The Kier molecular flexibility index (Phi) is 26.6. The molecule has 0 fully saturated rings. The van der Waals surface area contributed by atoms with Gasteiger partial charge in [-0.25, -0.2) is 9.97 Å². The van der Waals surface area contributed by atoms with Crippen molar-refractivity contribution in [2.45, 2.75) is 67.7 Å². The molecule has 0 atom stereocenters. The molecule has 14 aromatic rings. The molecule has 8 aromatic heterocycles. The fourth-order valence-corrected chi connectivity index (χ4v) is 13.1. The minimum atomic E-state index is -0.128. The number of ether oxygens (including phenoxy) is 4. The van der Waals surface area contributed by atoms with E-state index in [0.29, 0.717) is 21.7 Å². The molecule has 6 aromatic carbocycles. The van der Waals surface area contributed by atoms with Gasteiger partial charge in [-0.3, -0.25) is 38.3 Å². The number of benzene rings is 6. The standard InChI is InChI=1S/2C26H23N5O2.2C18H15ClN4O/c1-17-11-21(14-23(12-17)33-3)26-24(16-31(30-26)10-8-27)19-7-9-28-25(15-19)20-5-4-6-22(13-20)29-18(2)32;1-17-11-21(14-23(12-17)33-3)26-24(16-29-31(26)10-8-27)19-7-9-28-25(15-19)20-5-4-6-22(13-20)30-18(2)32;1-12-7-14(9-15(8-12)24-2)18-16(11-23(22-18)6-4-20)13-3-5-21-17(19)10-13;1-12-7-14(9-15(8-12)24-2)18-16(11-22-23(18)6-4-20)13-3-5-21-17(19)10-13/h4-7,9,11-16H,10H2,1-3H3,(H,29,32);4-7,9,11-16H,10H2,1-3H3,(H,30,32);2*3,5,7-11H,6H2,1-2H3. The average molecular weight is 1550 g/mol. The Bertz CT molecular complexity index is 5890. The van der Waals surface area contributed by atoms with Crippen molar-refractivity contribution >= 4 is 46.4 Å². The van der Waals surface area contributed by atoms with Gasteiger partial charge in [0, 0.05) is 118 Å². The maximum Gasteiger partial charge on any atom is 0.221 e. The smallest absolute Gasteiger partial charge is 0.221 e. The molecule has 2 amide bonds. The van der Waals surface area contributed by atoms with Crippen LogP contribution in [-0.2, 0) is 35.8 Å². The van der Waals surface area contributed by atoms with Crippen molar-refractivity contribution in [1.82, 2.24) is 59.1 Å². The third kappa shape index (κ3) is 20.3. The number of nitriles is 4. The zero-order chi connectivity index (χ0) is 81.0. The molecule has 0 aliphatic rings. The predicted molar refractivity (Wildman–Crippen MR) is 441 cm³/mol. The largest absolute Gasteiger partial charge is 0.497 e. The van der Waals surface area contributed by atoms with Gasteiger partial charge in [0.1, 0.15) is 70.9 Å². The first kappa shape index (κ1) is 80.5. The highest BCUT2D eigenvalue weighted by Gasteiger charge is 2.22. The Morgan fingerprint density at radius 2 is 0.719 bits per heavy atom. The number of methoxy groups -OCH3 is 4. The topological polar surface area (TPSA) is 313 Å². The summed E-state index contributed by atoms with van der Waals surface area (Å²) in [5.41, 5.74) is 23.0. The number of hydrogen-bond donors (Lipinski definition) is 2. The van der Waals surface area contributed by atoms with Crippen LogP contribution in [0.5, 0.6) is 23.0 Å². The van der Waals surface area contributed by atoms with Crippen LogP contribution in [0.15, 0.2) is 219 Å². The number of nitrogens with one attached hydrogen (secondary N) is 2. The lowest BCUT2D eigenvalue weighted by Crippen LogP contribution is -2.05. The van der Waals surface area contributed by atoms with Crippen LogP contribution < -0.4 is 29.6 Å². The number of pyridine rings is 4. The molecule has 14 rings (SSSR count). The SMILES string of the molecule is COc1cc(C)cc(-c2c(-c3ccnc(-c4cccc(NC(C)=O)c4)c3)cnn2CC#N)c1.COc1cc(C)cc(-c2c(-c3ccnc(Cl)c3)cnn2CC#N)c1.COc1cc(C)cc(-c2nn(CC#N)cc2-c2ccnc(-c3cccc(NC(C)=O)c3)c2)c1.COc1cc(C)cc(-c2nn(CC#N)cc2-c2ccnc(Cl)c2)c1. The summed E-state index contributed by atoms with van der Waals surface area (Å²) in [7, 11) is 6.54. The van der Waals surface area contributed by atoms with Crippen LogP contribution in [0.3, 0.4) is 0 Å².